The molecule has 3 heteroatoms. The van der Waals surface area contributed by atoms with Gasteiger partial charge in [0.1, 0.15) is 0 Å². The average Bonchev–Trinajstić information content (AvgIpc) is 2.30. The Labute approximate surface area is 105 Å². The molecule has 0 aromatic heterocycles. The first-order valence-electron chi connectivity index (χ1n) is 7.06. The van der Waals surface area contributed by atoms with Crippen LogP contribution in [0.1, 0.15) is 59.3 Å². The van der Waals surface area contributed by atoms with Gasteiger partial charge in [-0.3, -0.25) is 4.79 Å². The van der Waals surface area contributed by atoms with Crippen LogP contribution < -0.4 is 5.32 Å². The van der Waals surface area contributed by atoms with Crippen LogP contribution in [0.25, 0.3) is 0 Å². The van der Waals surface area contributed by atoms with E-state index in [1.165, 1.54) is 0 Å². The van der Waals surface area contributed by atoms with E-state index in [4.69, 9.17) is 4.74 Å². The molecule has 0 spiro atoms. The first-order chi connectivity index (χ1) is 8.14. The van der Waals surface area contributed by atoms with Crippen molar-refractivity contribution in [3.63, 3.8) is 0 Å². The van der Waals surface area contributed by atoms with Crippen molar-refractivity contribution in [1.29, 1.82) is 0 Å². The molecule has 1 aliphatic rings. The molecule has 0 saturated carbocycles. The van der Waals surface area contributed by atoms with Gasteiger partial charge in [-0.1, -0.05) is 26.7 Å². The topological polar surface area (TPSA) is 38.3 Å². The molecule has 1 fully saturated rings. The Balaban J connectivity index is 2.59. The van der Waals surface area contributed by atoms with Crippen LogP contribution in [-0.4, -0.2) is 25.2 Å². The molecule has 1 N–H and O–H groups in total. The van der Waals surface area contributed by atoms with Gasteiger partial charge in [-0.25, -0.2) is 0 Å². The van der Waals surface area contributed by atoms with Crippen molar-refractivity contribution in [3.8, 4) is 0 Å². The summed E-state index contributed by atoms with van der Waals surface area (Å²) in [5.41, 5.74) is -0.255. The van der Waals surface area contributed by atoms with Gasteiger partial charge in [0.15, 0.2) is 0 Å². The molecule has 0 aromatic carbocycles. The number of piperidine rings is 1. The van der Waals surface area contributed by atoms with Crippen molar-refractivity contribution in [2.45, 2.75) is 65.4 Å². The summed E-state index contributed by atoms with van der Waals surface area (Å²) in [4.78, 5) is 12.3. The lowest BCUT2D eigenvalue weighted by atomic mass is 9.77. The highest BCUT2D eigenvalue weighted by atomic mass is 16.5. The van der Waals surface area contributed by atoms with Crippen LogP contribution in [0.2, 0.25) is 0 Å². The summed E-state index contributed by atoms with van der Waals surface area (Å²) in [6.07, 6.45) is 6.12. The van der Waals surface area contributed by atoms with E-state index in [-0.39, 0.29) is 17.5 Å². The van der Waals surface area contributed by atoms with Crippen LogP contribution in [0.15, 0.2) is 0 Å². The summed E-state index contributed by atoms with van der Waals surface area (Å²) in [7, 11) is 0. The molecule has 1 aliphatic heterocycles. The van der Waals surface area contributed by atoms with Gasteiger partial charge in [0.2, 0.25) is 0 Å². The van der Waals surface area contributed by atoms with Crippen molar-refractivity contribution < 1.29 is 9.53 Å². The van der Waals surface area contributed by atoms with Crippen LogP contribution >= 0.6 is 0 Å². The number of rotatable bonds is 6. The van der Waals surface area contributed by atoms with Gasteiger partial charge in [-0.15, -0.1) is 0 Å². The average molecular weight is 241 g/mol. The van der Waals surface area contributed by atoms with Gasteiger partial charge in [-0.2, -0.15) is 0 Å². The van der Waals surface area contributed by atoms with E-state index < -0.39 is 0 Å². The SMILES string of the molecule is CCCC(C)OC(=O)C1(CCC)CCCNC1. The second-order valence-corrected chi connectivity index (χ2v) is 5.32. The van der Waals surface area contributed by atoms with Gasteiger partial charge in [0.05, 0.1) is 11.5 Å². The number of esters is 1. The predicted molar refractivity (Wildman–Crippen MR) is 69.9 cm³/mol. The Kier molecular flexibility index (Phi) is 5.96. The fourth-order valence-corrected chi connectivity index (χ4v) is 2.71. The first-order valence-corrected chi connectivity index (χ1v) is 7.06. The van der Waals surface area contributed by atoms with Crippen LogP contribution in [0.5, 0.6) is 0 Å². The monoisotopic (exact) mass is 241 g/mol. The zero-order chi connectivity index (χ0) is 12.7. The Morgan fingerprint density at radius 1 is 1.41 bits per heavy atom. The lowest BCUT2D eigenvalue weighted by Gasteiger charge is -2.36. The third-order valence-electron chi connectivity index (χ3n) is 3.64. The summed E-state index contributed by atoms with van der Waals surface area (Å²) < 4.78 is 5.61. The molecule has 3 nitrogen and oxygen atoms in total. The minimum absolute atomic E-state index is 0.0208. The lowest BCUT2D eigenvalue weighted by molar-refractivity contribution is -0.163. The molecule has 2 atom stereocenters. The van der Waals surface area contributed by atoms with E-state index in [1.54, 1.807) is 0 Å². The Hall–Kier alpha value is -0.570. The maximum atomic E-state index is 12.3. The molecule has 2 unspecified atom stereocenters. The first kappa shape index (κ1) is 14.5. The predicted octanol–water partition coefficient (Wildman–Crippen LogP) is 2.89. The minimum atomic E-state index is -0.255. The number of carbonyl (C=O) groups is 1. The molecule has 1 rings (SSSR count). The van der Waals surface area contributed by atoms with Crippen molar-refractivity contribution in [1.82, 2.24) is 5.32 Å². The van der Waals surface area contributed by atoms with Gasteiger partial charge in [0.25, 0.3) is 0 Å². The largest absolute Gasteiger partial charge is 0.462 e. The van der Waals surface area contributed by atoms with Crippen molar-refractivity contribution in [2.24, 2.45) is 5.41 Å². The maximum absolute atomic E-state index is 12.3. The number of carbonyl (C=O) groups excluding carboxylic acids is 1. The normalized spacial score (nSPS) is 26.5. The van der Waals surface area contributed by atoms with Crippen molar-refractivity contribution >= 4 is 5.97 Å². The number of hydrogen-bond acceptors (Lipinski definition) is 3. The number of ether oxygens (including phenoxy) is 1. The number of hydrogen-bond donors (Lipinski definition) is 1. The highest BCUT2D eigenvalue weighted by Gasteiger charge is 2.40. The lowest BCUT2D eigenvalue weighted by Crippen LogP contribution is -2.47. The fraction of sp³-hybridized carbons (Fsp3) is 0.929. The highest BCUT2D eigenvalue weighted by Crippen LogP contribution is 2.33. The quantitative estimate of drug-likeness (QED) is 0.727. The Morgan fingerprint density at radius 3 is 2.71 bits per heavy atom. The smallest absolute Gasteiger partial charge is 0.313 e. The van der Waals surface area contributed by atoms with Crippen molar-refractivity contribution in [2.75, 3.05) is 13.1 Å². The Morgan fingerprint density at radius 2 is 2.18 bits per heavy atom. The molecule has 0 radical (unpaired) electrons. The molecule has 0 aliphatic carbocycles. The Bertz CT molecular complexity index is 229. The van der Waals surface area contributed by atoms with Crippen LogP contribution in [0.3, 0.4) is 0 Å². The molecule has 1 heterocycles. The zero-order valence-electron chi connectivity index (χ0n) is 11.6. The second kappa shape index (κ2) is 7.00. The molecule has 0 amide bonds. The van der Waals surface area contributed by atoms with Gasteiger partial charge < -0.3 is 10.1 Å². The van der Waals surface area contributed by atoms with Crippen LogP contribution in [0.4, 0.5) is 0 Å². The van der Waals surface area contributed by atoms with E-state index >= 15 is 0 Å². The second-order valence-electron chi connectivity index (χ2n) is 5.32. The van der Waals surface area contributed by atoms with E-state index in [0.717, 1.165) is 51.6 Å². The van der Waals surface area contributed by atoms with Gasteiger partial charge in [-0.05, 0) is 39.2 Å². The van der Waals surface area contributed by atoms with Crippen LogP contribution in [0, 0.1) is 5.41 Å². The summed E-state index contributed by atoms with van der Waals surface area (Å²) >= 11 is 0. The highest BCUT2D eigenvalue weighted by molar-refractivity contribution is 5.77. The van der Waals surface area contributed by atoms with Gasteiger partial charge >= 0.3 is 5.97 Å². The molecule has 100 valence electrons. The van der Waals surface area contributed by atoms with E-state index in [1.807, 2.05) is 6.92 Å². The summed E-state index contributed by atoms with van der Waals surface area (Å²) in [6, 6.07) is 0. The third kappa shape index (κ3) is 3.98. The van der Waals surface area contributed by atoms with E-state index in [0.29, 0.717) is 0 Å². The standard InChI is InChI=1S/C14H27NO2/c1-4-7-12(3)17-13(16)14(8-5-2)9-6-10-15-11-14/h12,15H,4-11H2,1-3H3. The third-order valence-corrected chi connectivity index (χ3v) is 3.64. The maximum Gasteiger partial charge on any atom is 0.313 e. The molecule has 0 aromatic rings. The molecule has 0 bridgehead atoms. The molecule has 17 heavy (non-hydrogen) atoms. The van der Waals surface area contributed by atoms with Crippen LogP contribution in [-0.2, 0) is 9.53 Å². The minimum Gasteiger partial charge on any atom is -0.462 e. The summed E-state index contributed by atoms with van der Waals surface area (Å²) in [5.74, 6) is 0.0208. The molecular formula is C14H27NO2. The summed E-state index contributed by atoms with van der Waals surface area (Å²) in [5, 5.41) is 3.35. The zero-order valence-corrected chi connectivity index (χ0v) is 11.6. The van der Waals surface area contributed by atoms with E-state index in [9.17, 15) is 4.79 Å². The van der Waals surface area contributed by atoms with E-state index in [2.05, 4.69) is 19.2 Å². The van der Waals surface area contributed by atoms with Crippen molar-refractivity contribution in [3.05, 3.63) is 0 Å². The number of nitrogens with one attached hydrogen (secondary N) is 1. The van der Waals surface area contributed by atoms with Gasteiger partial charge in [0, 0.05) is 6.54 Å². The fourth-order valence-electron chi connectivity index (χ4n) is 2.71. The molecular weight excluding hydrogens is 214 g/mol. The summed E-state index contributed by atoms with van der Waals surface area (Å²) in [6.45, 7) is 8.08. The molecule has 1 saturated heterocycles.